The Kier molecular flexibility index (Phi) is 42.7. The Hall–Kier alpha value is -1.45. The summed E-state index contributed by atoms with van der Waals surface area (Å²) in [5.74, 6) is -1.57. The van der Waals surface area contributed by atoms with E-state index in [2.05, 4.69) is 38.2 Å². The topological polar surface area (TPSA) is 110 Å². The first-order valence-electron chi connectivity index (χ1n) is 25.0. The summed E-state index contributed by atoms with van der Waals surface area (Å²) < 4.78 is 45.9. The van der Waals surface area contributed by atoms with E-state index in [-0.39, 0.29) is 53.9 Å². The summed E-state index contributed by atoms with van der Waals surface area (Å²) >= 11 is 0. The van der Waals surface area contributed by atoms with E-state index in [1.54, 1.807) is 0 Å². The van der Waals surface area contributed by atoms with Crippen LogP contribution in [0, 0.1) is 0 Å². The quantitative estimate of drug-likeness (QED) is 0.0211. The van der Waals surface area contributed by atoms with Gasteiger partial charge in [0.05, 0.1) is 29.2 Å². The fourth-order valence-corrected chi connectivity index (χ4v) is 8.12. The van der Waals surface area contributed by atoms with Crippen LogP contribution in [-0.4, -0.2) is 38.1 Å². The number of carbonyl (C=O) groups is 2. The van der Waals surface area contributed by atoms with Crippen molar-refractivity contribution in [3.05, 3.63) is 53.6 Å². The van der Waals surface area contributed by atoms with Crippen LogP contribution in [0.3, 0.4) is 0 Å². The van der Waals surface area contributed by atoms with E-state index in [9.17, 15) is 22.6 Å². The van der Waals surface area contributed by atoms with Crippen molar-refractivity contribution in [1.29, 1.82) is 0 Å². The number of carbonyl (C=O) groups excluding carboxylic acids is 2. The normalized spacial score (nSPS) is 11.7. The van der Waals surface area contributed by atoms with Gasteiger partial charge in [-0.15, -0.1) is 0 Å². The molecule has 0 aliphatic carbocycles. The molecule has 61 heavy (non-hydrogen) atoms. The van der Waals surface area contributed by atoms with Gasteiger partial charge in [-0.1, -0.05) is 205 Å². The second-order valence-electron chi connectivity index (χ2n) is 17.1. The first-order chi connectivity index (χ1) is 29.3. The number of esters is 2. The maximum atomic E-state index is 13.0. The van der Waals surface area contributed by atoms with E-state index in [4.69, 9.17) is 9.47 Å². The summed E-state index contributed by atoms with van der Waals surface area (Å²) in [5, 5.41) is 0. The van der Waals surface area contributed by atoms with E-state index < -0.39 is 27.0 Å². The zero-order valence-electron chi connectivity index (χ0n) is 39.7. The Morgan fingerprint density at radius 1 is 0.443 bits per heavy atom. The van der Waals surface area contributed by atoms with Crippen molar-refractivity contribution < 1.29 is 61.6 Å². The third kappa shape index (κ3) is 36.6. The van der Waals surface area contributed by atoms with Gasteiger partial charge in [0.25, 0.3) is 0 Å². The summed E-state index contributed by atoms with van der Waals surface area (Å²) in [6.45, 7) is 4.88. The third-order valence-corrected chi connectivity index (χ3v) is 12.3. The van der Waals surface area contributed by atoms with Crippen molar-refractivity contribution in [2.24, 2.45) is 0 Å². The van der Waals surface area contributed by atoms with Crippen molar-refractivity contribution >= 4 is 22.1 Å². The average molecular weight is 881 g/mol. The third-order valence-electron chi connectivity index (χ3n) is 11.5. The molecular formula is C52H89NaO7S. The second kappa shape index (κ2) is 43.8. The standard InChI is InChI=1S/C52H90O7S.Na/c1-3-5-7-9-11-13-15-17-19-21-23-25-27-29-31-33-35-37-39-41-45-58-51(53)49-44-43-48(60(55,56)57)47-50(49)52(54)59-46-42-40-38-36-34-32-30-28-26-24-22-20-18-16-14-12-10-8-6-4-2;/h29-32,43-44,47H,3-28,33-42,45-46H2,1-2H3,(H,55,56,57);/q;+1/p-1/b31-29+,32-30+;. The molecule has 0 amide bonds. The van der Waals surface area contributed by atoms with Gasteiger partial charge >= 0.3 is 41.5 Å². The molecule has 0 heterocycles. The van der Waals surface area contributed by atoms with Gasteiger partial charge in [-0.3, -0.25) is 0 Å². The van der Waals surface area contributed by atoms with Crippen molar-refractivity contribution in [2.75, 3.05) is 13.2 Å². The number of ether oxygens (including phenoxy) is 2. The van der Waals surface area contributed by atoms with Crippen molar-refractivity contribution in [3.63, 3.8) is 0 Å². The molecule has 0 bridgehead atoms. The summed E-state index contributed by atoms with van der Waals surface area (Å²) in [5.41, 5.74) is -0.355. The molecular weight excluding hydrogens is 792 g/mol. The molecule has 0 saturated heterocycles. The molecule has 0 atom stereocenters. The van der Waals surface area contributed by atoms with E-state index in [1.165, 1.54) is 160 Å². The molecule has 0 aliphatic heterocycles. The van der Waals surface area contributed by atoms with E-state index in [0.717, 1.165) is 76.3 Å². The summed E-state index contributed by atoms with van der Waals surface area (Å²) in [6.07, 6.45) is 53.8. The van der Waals surface area contributed by atoms with E-state index in [0.29, 0.717) is 12.8 Å². The SMILES string of the molecule is CCCCCCCCCCCCCC/C=C/CCCCCCOC(=O)c1ccc(S(=O)(=O)[O-])cc1C(=O)OCCCCCC/C=C/CCCCCCCCCCCCCC.[Na+]. The Morgan fingerprint density at radius 2 is 0.721 bits per heavy atom. The number of unbranched alkanes of at least 4 members (excludes halogenated alkanes) is 32. The number of rotatable bonds is 43. The van der Waals surface area contributed by atoms with Gasteiger partial charge in [-0.2, -0.15) is 0 Å². The Bertz CT molecular complexity index is 1340. The Labute approximate surface area is 397 Å². The first kappa shape index (κ1) is 59.5. The van der Waals surface area contributed by atoms with Gasteiger partial charge in [-0.25, -0.2) is 18.0 Å². The molecule has 346 valence electrons. The average Bonchev–Trinajstić information content (AvgIpc) is 3.24. The summed E-state index contributed by atoms with van der Waals surface area (Å²) in [7, 11) is -4.83. The van der Waals surface area contributed by atoms with Crippen LogP contribution < -0.4 is 29.6 Å². The first-order valence-corrected chi connectivity index (χ1v) is 26.5. The van der Waals surface area contributed by atoms with Crippen LogP contribution in [0.1, 0.15) is 266 Å². The molecule has 1 aromatic rings. The Morgan fingerprint density at radius 3 is 1.03 bits per heavy atom. The molecule has 1 aromatic carbocycles. The predicted molar refractivity (Wildman–Crippen MR) is 251 cm³/mol. The van der Waals surface area contributed by atoms with Crippen molar-refractivity contribution in [3.8, 4) is 0 Å². The largest absolute Gasteiger partial charge is 1.00 e. The minimum Gasteiger partial charge on any atom is -0.744 e. The van der Waals surface area contributed by atoms with Crippen molar-refractivity contribution in [1.82, 2.24) is 0 Å². The van der Waals surface area contributed by atoms with Gasteiger partial charge in [0.2, 0.25) is 0 Å². The molecule has 1 rings (SSSR count). The van der Waals surface area contributed by atoms with Gasteiger partial charge in [0.15, 0.2) is 0 Å². The minimum atomic E-state index is -4.83. The molecule has 0 fully saturated rings. The summed E-state index contributed by atoms with van der Waals surface area (Å²) in [6, 6.07) is 3.13. The zero-order chi connectivity index (χ0) is 43.6. The maximum absolute atomic E-state index is 13.0. The molecule has 7 nitrogen and oxygen atoms in total. The molecule has 0 aliphatic rings. The number of benzene rings is 1. The van der Waals surface area contributed by atoms with Gasteiger partial charge in [-0.05, 0) is 82.4 Å². The fraction of sp³-hybridized carbons (Fsp3) is 0.769. The molecule has 0 N–H and O–H groups in total. The smallest absolute Gasteiger partial charge is 0.744 e. The fourth-order valence-electron chi connectivity index (χ4n) is 7.62. The Balaban J connectivity index is 0.0000360. The van der Waals surface area contributed by atoms with Gasteiger partial charge < -0.3 is 14.0 Å². The number of hydrogen-bond donors (Lipinski definition) is 0. The van der Waals surface area contributed by atoms with Crippen molar-refractivity contribution in [2.45, 2.75) is 250 Å². The van der Waals surface area contributed by atoms with Crippen LogP contribution in [-0.2, 0) is 19.6 Å². The minimum absolute atomic E-state index is 0. The summed E-state index contributed by atoms with van der Waals surface area (Å²) in [4.78, 5) is 25.3. The number of allylic oxidation sites excluding steroid dienone is 4. The molecule has 0 spiro atoms. The van der Waals surface area contributed by atoms with Gasteiger partial charge in [0.1, 0.15) is 10.1 Å². The van der Waals surface area contributed by atoms with Crippen LogP contribution in [0.2, 0.25) is 0 Å². The van der Waals surface area contributed by atoms with Crippen LogP contribution in [0.4, 0.5) is 0 Å². The second-order valence-corrected chi connectivity index (χ2v) is 18.5. The number of hydrogen-bond acceptors (Lipinski definition) is 7. The van der Waals surface area contributed by atoms with E-state index in [1.807, 2.05) is 0 Å². The van der Waals surface area contributed by atoms with Crippen LogP contribution in [0.15, 0.2) is 47.4 Å². The maximum Gasteiger partial charge on any atom is 1.00 e. The van der Waals surface area contributed by atoms with Crippen LogP contribution in [0.5, 0.6) is 0 Å². The molecule has 0 saturated carbocycles. The van der Waals surface area contributed by atoms with Crippen LogP contribution in [0.25, 0.3) is 0 Å². The molecule has 0 unspecified atom stereocenters. The van der Waals surface area contributed by atoms with Crippen LogP contribution >= 0.6 is 0 Å². The molecule has 9 heteroatoms. The molecule has 0 radical (unpaired) electrons. The molecule has 0 aromatic heterocycles. The van der Waals surface area contributed by atoms with Gasteiger partial charge in [0, 0.05) is 0 Å². The predicted octanol–water partition coefficient (Wildman–Crippen LogP) is 13.1. The van der Waals surface area contributed by atoms with E-state index >= 15 is 0 Å². The zero-order valence-corrected chi connectivity index (χ0v) is 42.5. The monoisotopic (exact) mass is 881 g/mol.